The lowest BCUT2D eigenvalue weighted by Gasteiger charge is -1.99. The van der Waals surface area contributed by atoms with E-state index in [2.05, 4.69) is 25.9 Å². The zero-order chi connectivity index (χ0) is 9.97. The topological polar surface area (TPSA) is 45.8 Å². The first-order valence-corrected chi connectivity index (χ1v) is 4.87. The molecule has 0 radical (unpaired) electrons. The lowest BCUT2D eigenvalue weighted by molar-refractivity contribution is 1.11. The smallest absolute Gasteiger partial charge is 0.281 e. The Balaban J connectivity index is 2.54. The normalized spacial score (nSPS) is 10.1. The molecule has 0 amide bonds. The van der Waals surface area contributed by atoms with E-state index in [1.807, 2.05) is 30.3 Å². The molecule has 1 heterocycles. The number of nitrogens with one attached hydrogen (secondary N) is 1. The summed E-state index contributed by atoms with van der Waals surface area (Å²) in [7, 11) is 0. The van der Waals surface area contributed by atoms with Crippen LogP contribution < -0.4 is 5.56 Å². The summed E-state index contributed by atoms with van der Waals surface area (Å²) >= 11 is 3.05. The van der Waals surface area contributed by atoms with Crippen molar-refractivity contribution >= 4 is 15.9 Å². The maximum Gasteiger partial charge on any atom is 0.281 e. The van der Waals surface area contributed by atoms with E-state index < -0.39 is 0 Å². The van der Waals surface area contributed by atoms with Gasteiger partial charge in [0.2, 0.25) is 0 Å². The van der Waals surface area contributed by atoms with E-state index in [0.29, 0.717) is 4.60 Å². The third kappa shape index (κ3) is 1.75. The van der Waals surface area contributed by atoms with Crippen LogP contribution in [0.1, 0.15) is 0 Å². The molecule has 0 unspecified atom stereocenters. The summed E-state index contributed by atoms with van der Waals surface area (Å²) in [4.78, 5) is 17.9. The summed E-state index contributed by atoms with van der Waals surface area (Å²) in [5.74, 6) is 0. The van der Waals surface area contributed by atoms with Gasteiger partial charge >= 0.3 is 0 Å². The van der Waals surface area contributed by atoms with E-state index in [1.54, 1.807) is 6.20 Å². The van der Waals surface area contributed by atoms with Crippen molar-refractivity contribution in [1.29, 1.82) is 0 Å². The van der Waals surface area contributed by atoms with Gasteiger partial charge in [0.05, 0.1) is 11.9 Å². The first kappa shape index (κ1) is 9.15. The molecule has 0 aliphatic carbocycles. The van der Waals surface area contributed by atoms with Gasteiger partial charge in [-0.05, 0) is 21.5 Å². The first-order valence-electron chi connectivity index (χ1n) is 4.07. The second kappa shape index (κ2) is 3.75. The van der Waals surface area contributed by atoms with Crippen molar-refractivity contribution in [2.75, 3.05) is 0 Å². The Morgan fingerprint density at radius 2 is 1.93 bits per heavy atom. The summed E-state index contributed by atoms with van der Waals surface area (Å²) in [5, 5.41) is 0. The van der Waals surface area contributed by atoms with Crippen LogP contribution in [0.2, 0.25) is 0 Å². The van der Waals surface area contributed by atoms with Gasteiger partial charge in [0.25, 0.3) is 5.56 Å². The number of benzene rings is 1. The summed E-state index contributed by atoms with van der Waals surface area (Å²) < 4.78 is 0.303. The fraction of sp³-hybridized carbons (Fsp3) is 0. The highest BCUT2D eigenvalue weighted by Gasteiger charge is 2.00. The number of aromatic amines is 1. The van der Waals surface area contributed by atoms with Crippen molar-refractivity contribution in [3.8, 4) is 11.3 Å². The number of H-pyrrole nitrogens is 1. The molecule has 2 aromatic rings. The van der Waals surface area contributed by atoms with Crippen molar-refractivity contribution in [3.63, 3.8) is 0 Å². The minimum atomic E-state index is -0.216. The van der Waals surface area contributed by atoms with Gasteiger partial charge in [-0.2, -0.15) is 0 Å². The van der Waals surface area contributed by atoms with Crippen LogP contribution in [0, 0.1) is 0 Å². The molecule has 2 rings (SSSR count). The minimum absolute atomic E-state index is 0.216. The van der Waals surface area contributed by atoms with Crippen LogP contribution in [0.15, 0.2) is 45.9 Å². The summed E-state index contributed by atoms with van der Waals surface area (Å²) in [6, 6.07) is 9.58. The maximum atomic E-state index is 11.2. The minimum Gasteiger partial charge on any atom is -0.318 e. The van der Waals surface area contributed by atoms with E-state index in [-0.39, 0.29) is 5.56 Å². The monoisotopic (exact) mass is 250 g/mol. The fourth-order valence-electron chi connectivity index (χ4n) is 1.15. The average Bonchev–Trinajstić information content (AvgIpc) is 2.23. The summed E-state index contributed by atoms with van der Waals surface area (Å²) in [6.07, 6.45) is 1.63. The molecular weight excluding hydrogens is 244 g/mol. The van der Waals surface area contributed by atoms with Crippen LogP contribution in [-0.4, -0.2) is 9.97 Å². The molecule has 70 valence electrons. The van der Waals surface area contributed by atoms with Gasteiger partial charge in [0.1, 0.15) is 0 Å². The molecule has 1 aromatic heterocycles. The molecule has 0 spiro atoms. The van der Waals surface area contributed by atoms with Gasteiger partial charge in [-0.25, -0.2) is 4.98 Å². The van der Waals surface area contributed by atoms with Gasteiger partial charge in [-0.1, -0.05) is 30.3 Å². The predicted molar refractivity (Wildman–Crippen MR) is 58.0 cm³/mol. The average molecular weight is 251 g/mol. The number of nitrogens with zero attached hydrogens (tertiary/aromatic N) is 1. The molecule has 14 heavy (non-hydrogen) atoms. The number of hydrogen-bond donors (Lipinski definition) is 1. The van der Waals surface area contributed by atoms with E-state index in [0.717, 1.165) is 11.3 Å². The van der Waals surface area contributed by atoms with Crippen LogP contribution in [-0.2, 0) is 0 Å². The van der Waals surface area contributed by atoms with Gasteiger partial charge in [-0.15, -0.1) is 0 Å². The number of rotatable bonds is 1. The van der Waals surface area contributed by atoms with Crippen molar-refractivity contribution in [3.05, 3.63) is 51.5 Å². The van der Waals surface area contributed by atoms with Crippen LogP contribution in [0.3, 0.4) is 0 Å². The lowest BCUT2D eigenvalue weighted by atomic mass is 10.2. The van der Waals surface area contributed by atoms with Crippen molar-refractivity contribution in [2.45, 2.75) is 0 Å². The van der Waals surface area contributed by atoms with Crippen LogP contribution >= 0.6 is 15.9 Å². The van der Waals surface area contributed by atoms with Gasteiger partial charge in [0, 0.05) is 0 Å². The van der Waals surface area contributed by atoms with Gasteiger partial charge in [-0.3, -0.25) is 4.79 Å². The van der Waals surface area contributed by atoms with Crippen LogP contribution in [0.5, 0.6) is 0 Å². The number of aromatic nitrogens is 2. The SMILES string of the molecule is O=c1[nH]c(-c2ccccc2)cnc1Br. The zero-order valence-electron chi connectivity index (χ0n) is 7.20. The molecule has 4 heteroatoms. The Morgan fingerprint density at radius 1 is 1.21 bits per heavy atom. The standard InChI is InChI=1S/C10H7BrN2O/c11-9-10(14)13-8(6-12-9)7-4-2-1-3-5-7/h1-6H,(H,13,14). The van der Waals surface area contributed by atoms with Gasteiger partial charge < -0.3 is 4.98 Å². The highest BCUT2D eigenvalue weighted by Crippen LogP contribution is 2.13. The molecule has 0 saturated heterocycles. The molecule has 0 bridgehead atoms. The quantitative estimate of drug-likeness (QED) is 0.844. The molecule has 1 aromatic carbocycles. The molecule has 0 aliphatic heterocycles. The molecular formula is C10H7BrN2O. The highest BCUT2D eigenvalue weighted by atomic mass is 79.9. The Kier molecular flexibility index (Phi) is 2.45. The largest absolute Gasteiger partial charge is 0.318 e. The van der Waals surface area contributed by atoms with Crippen LogP contribution in [0.4, 0.5) is 0 Å². The molecule has 0 fully saturated rings. The van der Waals surface area contributed by atoms with Gasteiger partial charge in [0.15, 0.2) is 4.60 Å². The fourth-order valence-corrected chi connectivity index (χ4v) is 1.35. The molecule has 1 N–H and O–H groups in total. The second-order valence-electron chi connectivity index (χ2n) is 2.78. The Morgan fingerprint density at radius 3 is 2.57 bits per heavy atom. The summed E-state index contributed by atoms with van der Waals surface area (Å²) in [5.41, 5.74) is 1.45. The third-order valence-corrected chi connectivity index (χ3v) is 2.39. The predicted octanol–water partition coefficient (Wildman–Crippen LogP) is 2.20. The molecule has 0 atom stereocenters. The second-order valence-corrected chi connectivity index (χ2v) is 3.53. The molecule has 0 aliphatic rings. The van der Waals surface area contributed by atoms with Crippen molar-refractivity contribution in [2.24, 2.45) is 0 Å². The molecule has 0 saturated carbocycles. The zero-order valence-corrected chi connectivity index (χ0v) is 8.78. The Hall–Kier alpha value is -1.42. The Bertz CT molecular complexity index is 493. The first-order chi connectivity index (χ1) is 6.77. The maximum absolute atomic E-state index is 11.2. The number of hydrogen-bond acceptors (Lipinski definition) is 2. The third-order valence-electron chi connectivity index (χ3n) is 1.83. The van der Waals surface area contributed by atoms with Crippen LogP contribution in [0.25, 0.3) is 11.3 Å². The van der Waals surface area contributed by atoms with E-state index in [9.17, 15) is 4.79 Å². The van der Waals surface area contributed by atoms with E-state index >= 15 is 0 Å². The van der Waals surface area contributed by atoms with Crippen molar-refractivity contribution in [1.82, 2.24) is 9.97 Å². The Labute approximate surface area is 89.0 Å². The van der Waals surface area contributed by atoms with E-state index in [1.165, 1.54) is 0 Å². The number of halogens is 1. The molecule has 3 nitrogen and oxygen atoms in total. The lowest BCUT2D eigenvalue weighted by Crippen LogP contribution is -2.09. The highest BCUT2D eigenvalue weighted by molar-refractivity contribution is 9.10. The van der Waals surface area contributed by atoms with Crippen molar-refractivity contribution < 1.29 is 0 Å². The van der Waals surface area contributed by atoms with E-state index in [4.69, 9.17) is 0 Å². The summed E-state index contributed by atoms with van der Waals surface area (Å²) in [6.45, 7) is 0.